The van der Waals surface area contributed by atoms with Crippen LogP contribution in [0, 0.1) is 5.92 Å². The molecule has 25 heavy (non-hydrogen) atoms. The van der Waals surface area contributed by atoms with Gasteiger partial charge in [0.1, 0.15) is 0 Å². The van der Waals surface area contributed by atoms with Crippen molar-refractivity contribution in [2.75, 3.05) is 19.0 Å². The molecule has 5 heteroatoms. The fourth-order valence-corrected chi connectivity index (χ4v) is 3.39. The van der Waals surface area contributed by atoms with Gasteiger partial charge in [0.25, 0.3) is 5.56 Å². The van der Waals surface area contributed by atoms with Crippen LogP contribution in [0.2, 0.25) is 0 Å². The summed E-state index contributed by atoms with van der Waals surface area (Å²) < 4.78 is 6.56. The van der Waals surface area contributed by atoms with E-state index in [0.717, 1.165) is 19.3 Å². The highest BCUT2D eigenvalue weighted by molar-refractivity contribution is 5.90. The molecule has 2 aromatic rings. The smallest absolute Gasteiger partial charge is 0.250 e. The summed E-state index contributed by atoms with van der Waals surface area (Å²) >= 11 is 0. The summed E-state index contributed by atoms with van der Waals surface area (Å²) in [6.45, 7) is 0.928. The van der Waals surface area contributed by atoms with Gasteiger partial charge in [-0.3, -0.25) is 9.59 Å². The zero-order valence-corrected chi connectivity index (χ0v) is 14.5. The fraction of sp³-hybridized carbons (Fsp3) is 0.400. The second kappa shape index (κ2) is 8.12. The third-order valence-electron chi connectivity index (χ3n) is 4.73. The molecule has 132 valence electrons. The van der Waals surface area contributed by atoms with Crippen molar-refractivity contribution in [3.63, 3.8) is 0 Å². The Kier molecular flexibility index (Phi) is 5.66. The van der Waals surface area contributed by atoms with Crippen LogP contribution in [0.25, 0.3) is 0 Å². The van der Waals surface area contributed by atoms with Crippen LogP contribution < -0.4 is 10.9 Å². The first-order chi connectivity index (χ1) is 12.2. The molecule has 1 amide bonds. The van der Waals surface area contributed by atoms with E-state index in [4.69, 9.17) is 4.74 Å². The van der Waals surface area contributed by atoms with Crippen LogP contribution in [0.15, 0.2) is 47.4 Å². The fourth-order valence-electron chi connectivity index (χ4n) is 3.39. The minimum atomic E-state index is -0.0982. The first-order valence-corrected chi connectivity index (χ1v) is 8.72. The van der Waals surface area contributed by atoms with E-state index in [2.05, 4.69) is 29.6 Å². The summed E-state index contributed by atoms with van der Waals surface area (Å²) in [4.78, 5) is 24.2. The topological polar surface area (TPSA) is 60.3 Å². The molecule has 1 N–H and O–H groups in total. The number of ether oxygens (including phenoxy) is 1. The molecule has 1 aromatic heterocycles. The number of rotatable bonds is 6. The van der Waals surface area contributed by atoms with Crippen LogP contribution in [-0.4, -0.2) is 24.2 Å². The number of benzene rings is 1. The normalized spacial score (nSPS) is 16.3. The predicted octanol–water partition coefficient (Wildman–Crippen LogP) is 2.63. The molecule has 0 fully saturated rings. The second-order valence-electron chi connectivity index (χ2n) is 6.57. The quantitative estimate of drug-likeness (QED) is 0.879. The van der Waals surface area contributed by atoms with Crippen molar-refractivity contribution in [1.82, 2.24) is 4.57 Å². The molecule has 0 saturated carbocycles. The molecule has 3 rings (SSSR count). The third-order valence-corrected chi connectivity index (χ3v) is 4.73. The number of anilines is 1. The average molecular weight is 340 g/mol. The van der Waals surface area contributed by atoms with Crippen LogP contribution >= 0.6 is 0 Å². The van der Waals surface area contributed by atoms with Gasteiger partial charge in [-0.2, -0.15) is 0 Å². The predicted molar refractivity (Wildman–Crippen MR) is 97.8 cm³/mol. The number of methoxy groups -OCH3 is 1. The van der Waals surface area contributed by atoms with E-state index in [1.807, 2.05) is 0 Å². The van der Waals surface area contributed by atoms with E-state index >= 15 is 0 Å². The lowest BCUT2D eigenvalue weighted by Gasteiger charge is -2.24. The highest BCUT2D eigenvalue weighted by Gasteiger charge is 2.20. The molecule has 1 aliphatic rings. The van der Waals surface area contributed by atoms with Gasteiger partial charge in [0, 0.05) is 32.3 Å². The van der Waals surface area contributed by atoms with Gasteiger partial charge in [0.2, 0.25) is 5.91 Å². The van der Waals surface area contributed by atoms with Crippen molar-refractivity contribution in [2.45, 2.75) is 32.2 Å². The Labute approximate surface area is 147 Å². The number of carbonyl (C=O) groups is 1. The maximum absolute atomic E-state index is 12.4. The third kappa shape index (κ3) is 4.57. The second-order valence-corrected chi connectivity index (χ2v) is 6.57. The summed E-state index contributed by atoms with van der Waals surface area (Å²) in [5, 5.41) is 2.92. The molecule has 0 unspecified atom stereocenters. The first kappa shape index (κ1) is 17.4. The highest BCUT2D eigenvalue weighted by atomic mass is 16.5. The van der Waals surface area contributed by atoms with Crippen molar-refractivity contribution in [3.8, 4) is 0 Å². The Bertz CT molecular complexity index is 798. The number of hydrogen-bond donors (Lipinski definition) is 1. The lowest BCUT2D eigenvalue weighted by molar-refractivity contribution is -0.117. The molecule has 0 aliphatic heterocycles. The maximum Gasteiger partial charge on any atom is 0.250 e. The Morgan fingerprint density at radius 3 is 2.84 bits per heavy atom. The van der Waals surface area contributed by atoms with E-state index < -0.39 is 0 Å². The van der Waals surface area contributed by atoms with E-state index in [1.165, 1.54) is 17.2 Å². The van der Waals surface area contributed by atoms with Crippen LogP contribution in [0.5, 0.6) is 0 Å². The van der Waals surface area contributed by atoms with Gasteiger partial charge in [-0.15, -0.1) is 0 Å². The molecule has 1 heterocycles. The molecular formula is C20H24N2O3. The number of carbonyl (C=O) groups excluding carboxylic acids is 1. The van der Waals surface area contributed by atoms with E-state index in [0.29, 0.717) is 31.2 Å². The van der Waals surface area contributed by atoms with Crippen LogP contribution in [-0.2, 0) is 28.9 Å². The van der Waals surface area contributed by atoms with Gasteiger partial charge in [0.05, 0.1) is 12.3 Å². The van der Waals surface area contributed by atoms with Gasteiger partial charge in [0.15, 0.2) is 0 Å². The zero-order chi connectivity index (χ0) is 17.6. The van der Waals surface area contributed by atoms with Crippen molar-refractivity contribution >= 4 is 11.6 Å². The summed E-state index contributed by atoms with van der Waals surface area (Å²) in [6, 6.07) is 11.6. The number of amides is 1. The minimum Gasteiger partial charge on any atom is -0.383 e. The van der Waals surface area contributed by atoms with Gasteiger partial charge in [-0.1, -0.05) is 24.3 Å². The average Bonchev–Trinajstić information content (AvgIpc) is 2.62. The van der Waals surface area contributed by atoms with Crippen LogP contribution in [0.3, 0.4) is 0 Å². The molecule has 1 aromatic carbocycles. The Balaban J connectivity index is 1.59. The summed E-state index contributed by atoms with van der Waals surface area (Å²) in [5.41, 5.74) is 3.32. The number of nitrogens with one attached hydrogen (secondary N) is 1. The number of fused-ring (bicyclic) bond motifs is 1. The first-order valence-electron chi connectivity index (χ1n) is 8.72. The Morgan fingerprint density at radius 1 is 1.24 bits per heavy atom. The monoisotopic (exact) mass is 340 g/mol. The SMILES string of the molecule is COCCn1cc(NC(=O)C[C@H]2CCc3ccccc3C2)ccc1=O. The standard InChI is InChI=1S/C20H24N2O3/c1-25-11-10-22-14-18(8-9-20(22)24)21-19(23)13-15-6-7-16-4-2-3-5-17(16)12-15/h2-5,8-9,14-15H,6-7,10-13H2,1H3,(H,21,23)/t15-/m0/s1. The number of hydrogen-bond acceptors (Lipinski definition) is 3. The van der Waals surface area contributed by atoms with Gasteiger partial charge < -0.3 is 14.6 Å². The lowest BCUT2D eigenvalue weighted by Crippen LogP contribution is -2.24. The number of nitrogens with zero attached hydrogens (tertiary/aromatic N) is 1. The van der Waals surface area contributed by atoms with Crippen LogP contribution in [0.4, 0.5) is 5.69 Å². The largest absolute Gasteiger partial charge is 0.383 e. The van der Waals surface area contributed by atoms with E-state index in [-0.39, 0.29) is 11.5 Å². The number of pyridine rings is 1. The van der Waals surface area contributed by atoms with Crippen molar-refractivity contribution in [1.29, 1.82) is 0 Å². The zero-order valence-electron chi connectivity index (χ0n) is 14.5. The molecule has 0 saturated heterocycles. The lowest BCUT2D eigenvalue weighted by atomic mass is 9.82. The minimum absolute atomic E-state index is 0.00122. The summed E-state index contributed by atoms with van der Waals surface area (Å²) in [5.74, 6) is 0.371. The Morgan fingerprint density at radius 2 is 2.04 bits per heavy atom. The molecular weight excluding hydrogens is 316 g/mol. The summed E-state index contributed by atoms with van der Waals surface area (Å²) in [6.07, 6.45) is 5.21. The highest BCUT2D eigenvalue weighted by Crippen LogP contribution is 2.27. The summed E-state index contributed by atoms with van der Waals surface area (Å²) in [7, 11) is 1.60. The van der Waals surface area contributed by atoms with Gasteiger partial charge in [-0.05, 0) is 42.4 Å². The van der Waals surface area contributed by atoms with Gasteiger partial charge in [-0.25, -0.2) is 0 Å². The maximum atomic E-state index is 12.4. The van der Waals surface area contributed by atoms with Crippen molar-refractivity contribution in [2.24, 2.45) is 5.92 Å². The number of aryl methyl sites for hydroxylation is 1. The number of aromatic nitrogens is 1. The van der Waals surface area contributed by atoms with Crippen LogP contribution in [0.1, 0.15) is 24.0 Å². The molecule has 0 bridgehead atoms. The molecule has 0 radical (unpaired) electrons. The Hall–Kier alpha value is -2.40. The molecule has 0 spiro atoms. The molecule has 1 aliphatic carbocycles. The van der Waals surface area contributed by atoms with Crippen molar-refractivity contribution in [3.05, 3.63) is 64.1 Å². The molecule has 1 atom stereocenters. The van der Waals surface area contributed by atoms with Gasteiger partial charge >= 0.3 is 0 Å². The van der Waals surface area contributed by atoms with E-state index in [9.17, 15) is 9.59 Å². The van der Waals surface area contributed by atoms with E-state index in [1.54, 1.807) is 23.9 Å². The molecule has 5 nitrogen and oxygen atoms in total. The van der Waals surface area contributed by atoms with Crippen molar-refractivity contribution < 1.29 is 9.53 Å².